The number of hydrogen-bond donors (Lipinski definition) is 2. The quantitative estimate of drug-likeness (QED) is 0.727. The van der Waals surface area contributed by atoms with Crippen LogP contribution in [0.2, 0.25) is 0 Å². The number of aliphatic carboxylic acids is 1. The Hall–Kier alpha value is -0.630. The van der Waals surface area contributed by atoms with Crippen LogP contribution in [0, 0.1) is 5.92 Å². The third-order valence-electron chi connectivity index (χ3n) is 2.20. The first-order valence-electron chi connectivity index (χ1n) is 4.97. The maximum Gasteiger partial charge on any atom is 0.403 e. The molecule has 0 aromatic rings. The predicted molar refractivity (Wildman–Crippen MR) is 58.2 cm³/mol. The number of rotatable bonds is 7. The van der Waals surface area contributed by atoms with Gasteiger partial charge in [0.15, 0.2) is 5.92 Å². The molecule has 8 heteroatoms. The fourth-order valence-electron chi connectivity index (χ4n) is 1.11. The first-order chi connectivity index (χ1) is 7.64. The van der Waals surface area contributed by atoms with E-state index in [0.29, 0.717) is 12.2 Å². The average molecular weight is 275 g/mol. The molecule has 0 aromatic heterocycles. The summed E-state index contributed by atoms with van der Waals surface area (Å²) in [5.41, 5.74) is 0. The molecule has 4 nitrogen and oxygen atoms in total. The molecule has 0 aliphatic carbocycles. The van der Waals surface area contributed by atoms with Crippen molar-refractivity contribution in [3.63, 3.8) is 0 Å². The molecule has 0 aromatic carbocycles. The van der Waals surface area contributed by atoms with Crippen LogP contribution in [-0.2, 0) is 15.6 Å². The molecular formula is C9H16F3NO3S. The maximum atomic E-state index is 12.3. The number of carbonyl (C=O) groups is 1. The van der Waals surface area contributed by atoms with E-state index in [1.165, 1.54) is 6.26 Å². The van der Waals surface area contributed by atoms with Gasteiger partial charge in [0.25, 0.3) is 0 Å². The molecule has 102 valence electrons. The van der Waals surface area contributed by atoms with E-state index in [0.717, 1.165) is 0 Å². The number of carboxylic acid groups (broad SMARTS) is 1. The average Bonchev–Trinajstić information content (AvgIpc) is 2.12. The first kappa shape index (κ1) is 16.4. The van der Waals surface area contributed by atoms with E-state index in [1.54, 1.807) is 6.92 Å². The molecule has 0 fully saturated rings. The fourth-order valence-corrected chi connectivity index (χ4v) is 1.79. The van der Waals surface area contributed by atoms with Crippen molar-refractivity contribution in [1.29, 1.82) is 0 Å². The second-order valence-corrected chi connectivity index (χ2v) is 5.36. The van der Waals surface area contributed by atoms with Crippen molar-refractivity contribution < 1.29 is 27.3 Å². The largest absolute Gasteiger partial charge is 0.481 e. The summed E-state index contributed by atoms with van der Waals surface area (Å²) in [4.78, 5) is 10.4. The number of nitrogens with one attached hydrogen (secondary N) is 1. The Morgan fingerprint density at radius 2 is 2.00 bits per heavy atom. The molecular weight excluding hydrogens is 259 g/mol. The van der Waals surface area contributed by atoms with Gasteiger partial charge in [-0.25, -0.2) is 0 Å². The molecule has 0 saturated heterocycles. The SMILES string of the molecule is CC(CCS(C)=O)NCC(C(=O)O)C(F)(F)F. The van der Waals surface area contributed by atoms with Crippen LogP contribution in [-0.4, -0.2) is 46.1 Å². The molecule has 0 aliphatic heterocycles. The molecule has 0 heterocycles. The molecule has 0 rings (SSSR count). The lowest BCUT2D eigenvalue weighted by molar-refractivity contribution is -0.192. The highest BCUT2D eigenvalue weighted by molar-refractivity contribution is 7.84. The normalized spacial score (nSPS) is 17.5. The Labute approximate surface area is 100 Å². The number of hydrogen-bond acceptors (Lipinski definition) is 3. The third-order valence-corrected chi connectivity index (χ3v) is 3.01. The standard InChI is InChI=1S/C9H16F3NO3S/c1-6(3-4-17(2)16)13-5-7(8(14)15)9(10,11)12/h6-7,13H,3-5H2,1-2H3,(H,14,15). The highest BCUT2D eigenvalue weighted by atomic mass is 32.2. The third kappa shape index (κ3) is 7.32. The van der Waals surface area contributed by atoms with Gasteiger partial charge in [0.1, 0.15) is 0 Å². The minimum absolute atomic E-state index is 0.303. The van der Waals surface area contributed by atoms with E-state index < -0.39 is 35.4 Å². The van der Waals surface area contributed by atoms with Gasteiger partial charge in [0.2, 0.25) is 0 Å². The number of halogens is 3. The van der Waals surface area contributed by atoms with Gasteiger partial charge in [-0.2, -0.15) is 13.2 Å². The minimum atomic E-state index is -4.76. The van der Waals surface area contributed by atoms with Crippen LogP contribution in [0.15, 0.2) is 0 Å². The summed E-state index contributed by atoms with van der Waals surface area (Å²) in [5, 5.41) is 10.9. The molecule has 0 aliphatic rings. The van der Waals surface area contributed by atoms with Crippen LogP contribution in [0.4, 0.5) is 13.2 Å². The highest BCUT2D eigenvalue weighted by Crippen LogP contribution is 2.25. The van der Waals surface area contributed by atoms with Crippen LogP contribution in [0.5, 0.6) is 0 Å². The summed E-state index contributed by atoms with van der Waals surface area (Å²) in [6, 6.07) is -0.303. The topological polar surface area (TPSA) is 66.4 Å². The Balaban J connectivity index is 4.14. The van der Waals surface area contributed by atoms with E-state index in [4.69, 9.17) is 5.11 Å². The lowest BCUT2D eigenvalue weighted by atomic mass is 10.1. The summed E-state index contributed by atoms with van der Waals surface area (Å²) in [6.07, 6.45) is -2.82. The minimum Gasteiger partial charge on any atom is -0.481 e. The van der Waals surface area contributed by atoms with Gasteiger partial charge >= 0.3 is 12.1 Å². The van der Waals surface area contributed by atoms with Crippen LogP contribution in [0.25, 0.3) is 0 Å². The van der Waals surface area contributed by atoms with Crippen LogP contribution in [0.3, 0.4) is 0 Å². The number of alkyl halides is 3. The lowest BCUT2D eigenvalue weighted by Gasteiger charge is -2.19. The maximum absolute atomic E-state index is 12.3. The molecule has 3 unspecified atom stereocenters. The Morgan fingerprint density at radius 3 is 2.35 bits per heavy atom. The molecule has 0 radical (unpaired) electrons. The van der Waals surface area contributed by atoms with Crippen molar-refractivity contribution in [2.45, 2.75) is 25.6 Å². The predicted octanol–water partition coefficient (Wildman–Crippen LogP) is 0.996. The summed E-state index contributed by atoms with van der Waals surface area (Å²) in [5.74, 6) is -3.92. The van der Waals surface area contributed by atoms with E-state index in [9.17, 15) is 22.2 Å². The summed E-state index contributed by atoms with van der Waals surface area (Å²) >= 11 is 0. The first-order valence-corrected chi connectivity index (χ1v) is 6.70. The monoisotopic (exact) mass is 275 g/mol. The molecule has 0 saturated carbocycles. The van der Waals surface area contributed by atoms with E-state index in [-0.39, 0.29) is 6.04 Å². The zero-order valence-electron chi connectivity index (χ0n) is 9.58. The molecule has 0 bridgehead atoms. The molecule has 17 heavy (non-hydrogen) atoms. The van der Waals surface area contributed by atoms with Gasteiger partial charge in [0, 0.05) is 35.4 Å². The second-order valence-electron chi connectivity index (χ2n) is 3.81. The van der Waals surface area contributed by atoms with E-state index >= 15 is 0 Å². The van der Waals surface area contributed by atoms with Gasteiger partial charge < -0.3 is 10.4 Å². The Bertz CT molecular complexity index is 283. The van der Waals surface area contributed by atoms with Gasteiger partial charge in [0.05, 0.1) is 0 Å². The van der Waals surface area contributed by atoms with Crippen molar-refractivity contribution in [2.24, 2.45) is 5.92 Å². The van der Waals surface area contributed by atoms with Gasteiger partial charge in [-0.05, 0) is 13.3 Å². The van der Waals surface area contributed by atoms with Crippen LogP contribution in [0.1, 0.15) is 13.3 Å². The van der Waals surface area contributed by atoms with Crippen molar-refractivity contribution in [2.75, 3.05) is 18.6 Å². The van der Waals surface area contributed by atoms with Crippen molar-refractivity contribution in [1.82, 2.24) is 5.32 Å². The Morgan fingerprint density at radius 1 is 1.47 bits per heavy atom. The highest BCUT2D eigenvalue weighted by Gasteiger charge is 2.44. The molecule has 0 amide bonds. The van der Waals surface area contributed by atoms with Crippen LogP contribution >= 0.6 is 0 Å². The van der Waals surface area contributed by atoms with Crippen molar-refractivity contribution >= 4 is 16.8 Å². The van der Waals surface area contributed by atoms with Crippen molar-refractivity contribution in [3.8, 4) is 0 Å². The van der Waals surface area contributed by atoms with Crippen molar-refractivity contribution in [3.05, 3.63) is 0 Å². The lowest BCUT2D eigenvalue weighted by Crippen LogP contribution is -2.42. The smallest absolute Gasteiger partial charge is 0.403 e. The second kappa shape index (κ2) is 6.95. The van der Waals surface area contributed by atoms with E-state index in [1.807, 2.05) is 0 Å². The van der Waals surface area contributed by atoms with Crippen LogP contribution < -0.4 is 5.32 Å². The number of carboxylic acids is 1. The fraction of sp³-hybridized carbons (Fsp3) is 0.889. The molecule has 2 N–H and O–H groups in total. The van der Waals surface area contributed by atoms with Gasteiger partial charge in [-0.3, -0.25) is 9.00 Å². The van der Waals surface area contributed by atoms with Gasteiger partial charge in [-0.1, -0.05) is 0 Å². The Kier molecular flexibility index (Phi) is 6.69. The zero-order valence-corrected chi connectivity index (χ0v) is 10.4. The zero-order chi connectivity index (χ0) is 13.6. The van der Waals surface area contributed by atoms with Gasteiger partial charge in [-0.15, -0.1) is 0 Å². The molecule has 3 atom stereocenters. The summed E-state index contributed by atoms with van der Waals surface area (Å²) in [7, 11) is -1.00. The summed E-state index contributed by atoms with van der Waals surface area (Å²) in [6.45, 7) is 0.957. The van der Waals surface area contributed by atoms with E-state index in [2.05, 4.69) is 5.32 Å². The molecule has 0 spiro atoms. The summed E-state index contributed by atoms with van der Waals surface area (Å²) < 4.78 is 47.6.